The highest BCUT2D eigenvalue weighted by Gasteiger charge is 2.17. The molecule has 22 heavy (non-hydrogen) atoms. The maximum atomic E-state index is 10.9. The molecule has 0 aliphatic heterocycles. The second kappa shape index (κ2) is 11.3. The average molecular weight is 384 g/mol. The summed E-state index contributed by atoms with van der Waals surface area (Å²) in [5, 5.41) is 10.9. The summed E-state index contributed by atoms with van der Waals surface area (Å²) in [4.78, 5) is 11.6. The lowest BCUT2D eigenvalue weighted by atomic mass is 10.1. The van der Waals surface area contributed by atoms with Crippen molar-refractivity contribution < 1.29 is 4.92 Å². The minimum atomic E-state index is -0.380. The van der Waals surface area contributed by atoms with Crippen LogP contribution in [0.4, 0.5) is 5.69 Å². The Morgan fingerprint density at radius 2 is 1.50 bits per heavy atom. The minimum absolute atomic E-state index is 0.0865. The van der Waals surface area contributed by atoms with E-state index in [1.807, 2.05) is 64.3 Å². The molecule has 0 N–H and O–H groups in total. The van der Waals surface area contributed by atoms with Gasteiger partial charge in [0, 0.05) is 16.5 Å². The molecule has 2 aromatic carbocycles. The van der Waals surface area contributed by atoms with Crippen LogP contribution in [0.3, 0.4) is 0 Å². The normalized spacial score (nSPS) is 9.00. The predicted octanol–water partition coefficient (Wildman–Crippen LogP) is 6.80. The molecule has 0 atom stereocenters. The molecular formula is C17H22BrNO2S. The largest absolute Gasteiger partial charge is 0.284 e. The maximum absolute atomic E-state index is 10.9. The van der Waals surface area contributed by atoms with Crippen LogP contribution in [0.25, 0.3) is 11.1 Å². The summed E-state index contributed by atoms with van der Waals surface area (Å²) in [6.07, 6.45) is 1.99. The number of benzene rings is 2. The van der Waals surface area contributed by atoms with Gasteiger partial charge in [0.05, 0.1) is 4.92 Å². The van der Waals surface area contributed by atoms with E-state index in [1.54, 1.807) is 17.8 Å². The summed E-state index contributed by atoms with van der Waals surface area (Å²) in [6.45, 7) is 8.00. The molecule has 0 saturated carbocycles. The fourth-order valence-electron chi connectivity index (χ4n) is 1.74. The number of nitro benzene ring substituents is 1. The monoisotopic (exact) mass is 383 g/mol. The molecule has 0 amide bonds. The molecule has 2 aromatic rings. The van der Waals surface area contributed by atoms with E-state index in [1.165, 1.54) is 6.07 Å². The first-order chi connectivity index (χ1) is 10.6. The highest BCUT2D eigenvalue weighted by molar-refractivity contribution is 9.10. The van der Waals surface area contributed by atoms with Crippen molar-refractivity contribution in [3.8, 4) is 11.1 Å². The summed E-state index contributed by atoms with van der Waals surface area (Å²) >= 11 is 4.95. The number of halogens is 1. The van der Waals surface area contributed by atoms with E-state index in [2.05, 4.69) is 15.9 Å². The molecule has 0 heterocycles. The number of thioether (sulfide) groups is 1. The Hall–Kier alpha value is -1.33. The average Bonchev–Trinajstić information content (AvgIpc) is 2.58. The summed E-state index contributed by atoms with van der Waals surface area (Å²) < 4.78 is 0.525. The molecule has 2 rings (SSSR count). The van der Waals surface area contributed by atoms with Gasteiger partial charge in [-0.1, -0.05) is 58.0 Å². The van der Waals surface area contributed by atoms with Crippen LogP contribution in [-0.4, -0.2) is 11.2 Å². The lowest BCUT2D eigenvalue weighted by molar-refractivity contribution is -0.385. The third-order valence-electron chi connectivity index (χ3n) is 2.57. The molecule has 0 aliphatic carbocycles. The van der Waals surface area contributed by atoms with Crippen LogP contribution in [0.15, 0.2) is 51.8 Å². The second-order valence-electron chi connectivity index (χ2n) is 3.60. The van der Waals surface area contributed by atoms with Crippen molar-refractivity contribution in [3.63, 3.8) is 0 Å². The molecule has 3 nitrogen and oxygen atoms in total. The molecule has 5 heteroatoms. The summed E-state index contributed by atoms with van der Waals surface area (Å²) in [6, 6.07) is 12.9. The Kier molecular flexibility index (Phi) is 10.6. The summed E-state index contributed by atoms with van der Waals surface area (Å²) in [7, 11) is 0. The van der Waals surface area contributed by atoms with E-state index in [4.69, 9.17) is 0 Å². The molecule has 0 aromatic heterocycles. The van der Waals surface area contributed by atoms with Crippen molar-refractivity contribution in [2.24, 2.45) is 0 Å². The van der Waals surface area contributed by atoms with Crippen LogP contribution in [0.2, 0.25) is 0 Å². The summed E-state index contributed by atoms with van der Waals surface area (Å²) in [5.41, 5.74) is 1.93. The van der Waals surface area contributed by atoms with Gasteiger partial charge in [0.15, 0.2) is 0 Å². The Morgan fingerprint density at radius 3 is 2.05 bits per heavy atom. The van der Waals surface area contributed by atoms with Crippen molar-refractivity contribution >= 4 is 33.4 Å². The van der Waals surface area contributed by atoms with E-state index in [0.717, 1.165) is 16.0 Å². The number of hydrogen-bond donors (Lipinski definition) is 0. The molecule has 0 radical (unpaired) electrons. The van der Waals surface area contributed by atoms with Crippen LogP contribution >= 0.6 is 27.7 Å². The maximum Gasteiger partial charge on any atom is 0.284 e. The Bertz CT molecular complexity index is 603. The molecule has 0 bridgehead atoms. The van der Waals surface area contributed by atoms with E-state index >= 15 is 0 Å². The predicted molar refractivity (Wildman–Crippen MR) is 101 cm³/mol. The molecule has 0 saturated heterocycles. The Morgan fingerprint density at radius 1 is 0.955 bits per heavy atom. The van der Waals surface area contributed by atoms with Crippen molar-refractivity contribution in [1.29, 1.82) is 0 Å². The topological polar surface area (TPSA) is 43.1 Å². The zero-order chi connectivity index (χ0) is 17.1. The highest BCUT2D eigenvalue weighted by Crippen LogP contribution is 2.38. The van der Waals surface area contributed by atoms with Crippen molar-refractivity contribution in [3.05, 3.63) is 57.1 Å². The zero-order valence-corrected chi connectivity index (χ0v) is 16.0. The standard InChI is InChI=1S/C13H10BrNO2S.2C2H6/c1-18-12-8-3-2-5-9(12)10-6-4-7-11(13(10)14)15(16)17;2*1-2/h2-8H,1H3;2*1-2H3. The van der Waals surface area contributed by atoms with Crippen molar-refractivity contribution in [1.82, 2.24) is 0 Å². The fraction of sp³-hybridized carbons (Fsp3) is 0.294. The lowest BCUT2D eigenvalue weighted by Gasteiger charge is -2.09. The van der Waals surface area contributed by atoms with E-state index in [0.29, 0.717) is 4.47 Å². The molecular weight excluding hydrogens is 362 g/mol. The van der Waals surface area contributed by atoms with Gasteiger partial charge in [0.1, 0.15) is 4.47 Å². The number of nitrogens with zero attached hydrogens (tertiary/aromatic N) is 1. The van der Waals surface area contributed by atoms with E-state index in [-0.39, 0.29) is 10.6 Å². The smallest absolute Gasteiger partial charge is 0.258 e. The first kappa shape index (κ1) is 20.7. The third kappa shape index (κ3) is 5.14. The van der Waals surface area contributed by atoms with Gasteiger partial charge in [-0.05, 0) is 33.8 Å². The van der Waals surface area contributed by atoms with E-state index in [9.17, 15) is 10.1 Å². The van der Waals surface area contributed by atoms with Gasteiger partial charge in [0.25, 0.3) is 5.69 Å². The third-order valence-corrected chi connectivity index (χ3v) is 4.20. The quantitative estimate of drug-likeness (QED) is 0.332. The number of hydrogen-bond acceptors (Lipinski definition) is 3. The summed E-state index contributed by atoms with van der Waals surface area (Å²) in [5.74, 6) is 0. The van der Waals surface area contributed by atoms with Gasteiger partial charge in [-0.25, -0.2) is 0 Å². The molecule has 0 fully saturated rings. The second-order valence-corrected chi connectivity index (χ2v) is 5.24. The van der Waals surface area contributed by atoms with Gasteiger partial charge < -0.3 is 0 Å². The number of rotatable bonds is 3. The lowest BCUT2D eigenvalue weighted by Crippen LogP contribution is -1.91. The molecule has 120 valence electrons. The highest BCUT2D eigenvalue weighted by atomic mass is 79.9. The van der Waals surface area contributed by atoms with Gasteiger partial charge in [-0.3, -0.25) is 10.1 Å². The SMILES string of the molecule is CC.CC.CSc1ccccc1-c1cccc([N+](=O)[O-])c1Br. The van der Waals surface area contributed by atoms with E-state index < -0.39 is 0 Å². The Balaban J connectivity index is 0.00000102. The van der Waals surface area contributed by atoms with Crippen LogP contribution in [0.1, 0.15) is 27.7 Å². The zero-order valence-electron chi connectivity index (χ0n) is 13.6. The molecule has 0 aliphatic rings. The van der Waals surface area contributed by atoms with Crippen LogP contribution in [0, 0.1) is 10.1 Å². The molecule has 0 unspecified atom stereocenters. The number of nitro groups is 1. The van der Waals surface area contributed by atoms with Crippen LogP contribution < -0.4 is 0 Å². The molecule has 0 spiro atoms. The fourth-order valence-corrected chi connectivity index (χ4v) is 2.97. The van der Waals surface area contributed by atoms with Crippen molar-refractivity contribution in [2.75, 3.05) is 6.26 Å². The van der Waals surface area contributed by atoms with Gasteiger partial charge >= 0.3 is 0 Å². The van der Waals surface area contributed by atoms with Crippen LogP contribution in [0.5, 0.6) is 0 Å². The first-order valence-corrected chi connectivity index (χ1v) is 9.23. The van der Waals surface area contributed by atoms with Crippen LogP contribution in [-0.2, 0) is 0 Å². The van der Waals surface area contributed by atoms with Gasteiger partial charge in [0.2, 0.25) is 0 Å². The minimum Gasteiger partial charge on any atom is -0.258 e. The first-order valence-electron chi connectivity index (χ1n) is 7.21. The van der Waals surface area contributed by atoms with Crippen molar-refractivity contribution in [2.45, 2.75) is 32.6 Å². The Labute approximate surface area is 145 Å². The van der Waals surface area contributed by atoms with Gasteiger partial charge in [-0.15, -0.1) is 11.8 Å². The van der Waals surface area contributed by atoms with Gasteiger partial charge in [-0.2, -0.15) is 0 Å².